The Bertz CT molecular complexity index is 1060. The number of ether oxygens (including phenoxy) is 1. The van der Waals surface area contributed by atoms with E-state index in [0.717, 1.165) is 6.26 Å². The van der Waals surface area contributed by atoms with Gasteiger partial charge in [0.05, 0.1) is 12.0 Å². The summed E-state index contributed by atoms with van der Waals surface area (Å²) >= 11 is 0. The summed E-state index contributed by atoms with van der Waals surface area (Å²) in [5.41, 5.74) is -0.868. The van der Waals surface area contributed by atoms with Crippen molar-refractivity contribution in [1.82, 2.24) is 15.0 Å². The van der Waals surface area contributed by atoms with Crippen molar-refractivity contribution in [1.29, 1.82) is 0 Å². The summed E-state index contributed by atoms with van der Waals surface area (Å²) in [6.07, 6.45) is -2.31. The Labute approximate surface area is 153 Å². The molecule has 27 heavy (non-hydrogen) atoms. The molecule has 0 aliphatic carbocycles. The van der Waals surface area contributed by atoms with E-state index < -0.39 is 21.7 Å². The van der Waals surface area contributed by atoms with Gasteiger partial charge in [0.15, 0.2) is 9.84 Å². The summed E-state index contributed by atoms with van der Waals surface area (Å²) in [6, 6.07) is 8.10. The monoisotopic (exact) mass is 397 g/mol. The Morgan fingerprint density at radius 2 is 1.67 bits per heavy atom. The van der Waals surface area contributed by atoms with Crippen molar-refractivity contribution >= 4 is 9.84 Å². The molecule has 2 heterocycles. The van der Waals surface area contributed by atoms with E-state index in [0.29, 0.717) is 11.4 Å². The van der Waals surface area contributed by atoms with E-state index >= 15 is 0 Å². The number of H-pyrrole nitrogens is 1. The largest absolute Gasteiger partial charge is 0.481 e. The third-order valence-corrected chi connectivity index (χ3v) is 4.89. The first-order valence-corrected chi connectivity index (χ1v) is 9.47. The van der Waals surface area contributed by atoms with Crippen LogP contribution in [0.1, 0.15) is 5.69 Å². The predicted octanol–water partition coefficient (Wildman–Crippen LogP) is 3.57. The molecular formula is C17H14F3N3O3S. The lowest BCUT2D eigenvalue weighted by atomic mass is 10.1. The van der Waals surface area contributed by atoms with Crippen molar-refractivity contribution in [3.8, 4) is 28.5 Å². The van der Waals surface area contributed by atoms with E-state index in [1.807, 2.05) is 0 Å². The lowest BCUT2D eigenvalue weighted by Gasteiger charge is -2.07. The number of halogens is 3. The van der Waals surface area contributed by atoms with Gasteiger partial charge in [0.25, 0.3) is 0 Å². The van der Waals surface area contributed by atoms with Crippen LogP contribution in [0.15, 0.2) is 47.5 Å². The van der Waals surface area contributed by atoms with Gasteiger partial charge in [0.2, 0.25) is 5.88 Å². The number of alkyl halides is 3. The highest BCUT2D eigenvalue weighted by Crippen LogP contribution is 2.37. The van der Waals surface area contributed by atoms with Crippen molar-refractivity contribution in [2.75, 3.05) is 13.4 Å². The third-order valence-electron chi connectivity index (χ3n) is 3.76. The Kier molecular flexibility index (Phi) is 4.68. The first kappa shape index (κ1) is 18.9. The highest BCUT2D eigenvalue weighted by atomic mass is 32.2. The topological polar surface area (TPSA) is 84.9 Å². The van der Waals surface area contributed by atoms with E-state index in [2.05, 4.69) is 15.0 Å². The van der Waals surface area contributed by atoms with Crippen LogP contribution in [-0.4, -0.2) is 36.7 Å². The van der Waals surface area contributed by atoms with Crippen LogP contribution in [0.5, 0.6) is 5.88 Å². The van der Waals surface area contributed by atoms with Gasteiger partial charge in [-0.15, -0.1) is 0 Å². The molecule has 0 amide bonds. The molecule has 3 aromatic rings. The molecule has 0 bridgehead atoms. The molecule has 10 heteroatoms. The molecule has 0 spiro atoms. The molecule has 0 aliphatic rings. The molecule has 0 saturated heterocycles. The minimum Gasteiger partial charge on any atom is -0.481 e. The predicted molar refractivity (Wildman–Crippen MR) is 91.9 cm³/mol. The van der Waals surface area contributed by atoms with Crippen LogP contribution in [-0.2, 0) is 16.0 Å². The number of rotatable bonds is 4. The number of benzene rings is 1. The van der Waals surface area contributed by atoms with Gasteiger partial charge in [-0.3, -0.25) is 0 Å². The molecule has 0 atom stereocenters. The fraction of sp³-hybridized carbons (Fsp3) is 0.176. The van der Waals surface area contributed by atoms with E-state index in [1.165, 1.54) is 49.7 Å². The minimum atomic E-state index is -4.67. The Morgan fingerprint density at radius 1 is 1.04 bits per heavy atom. The average molecular weight is 397 g/mol. The molecule has 1 N–H and O–H groups in total. The van der Waals surface area contributed by atoms with Crippen molar-refractivity contribution in [2.24, 2.45) is 0 Å². The molecular weight excluding hydrogens is 383 g/mol. The van der Waals surface area contributed by atoms with Gasteiger partial charge in [-0.1, -0.05) is 12.1 Å². The number of pyridine rings is 1. The number of aromatic nitrogens is 3. The van der Waals surface area contributed by atoms with Crippen molar-refractivity contribution in [3.05, 3.63) is 48.3 Å². The van der Waals surface area contributed by atoms with Crippen LogP contribution in [0, 0.1) is 0 Å². The highest BCUT2D eigenvalue weighted by molar-refractivity contribution is 7.90. The Morgan fingerprint density at radius 3 is 2.15 bits per heavy atom. The first-order chi connectivity index (χ1) is 12.6. The number of nitrogens with zero attached hydrogens (tertiary/aromatic N) is 2. The van der Waals surface area contributed by atoms with E-state index in [-0.39, 0.29) is 22.0 Å². The van der Waals surface area contributed by atoms with Crippen LogP contribution in [0.25, 0.3) is 22.6 Å². The van der Waals surface area contributed by atoms with Gasteiger partial charge < -0.3 is 9.72 Å². The van der Waals surface area contributed by atoms with Crippen LogP contribution >= 0.6 is 0 Å². The zero-order valence-corrected chi connectivity index (χ0v) is 15.0. The second-order valence-corrected chi connectivity index (χ2v) is 7.71. The summed E-state index contributed by atoms with van der Waals surface area (Å²) in [6.45, 7) is 0. The quantitative estimate of drug-likeness (QED) is 0.728. The average Bonchev–Trinajstić information content (AvgIpc) is 3.07. The normalized spacial score (nSPS) is 12.2. The molecule has 2 aromatic heterocycles. The summed E-state index contributed by atoms with van der Waals surface area (Å²) in [7, 11) is -2.03. The van der Waals surface area contributed by atoms with E-state index in [4.69, 9.17) is 4.74 Å². The first-order valence-electron chi connectivity index (χ1n) is 7.57. The summed E-state index contributed by atoms with van der Waals surface area (Å²) < 4.78 is 68.3. The SMILES string of the molecule is COc1ccc(-c2nc(-c3ccc(S(C)(=O)=O)cc3)c(C(F)(F)F)[nH]2)cn1. The van der Waals surface area contributed by atoms with Crippen molar-refractivity contribution in [2.45, 2.75) is 11.1 Å². The number of nitrogens with one attached hydrogen (secondary N) is 1. The van der Waals surface area contributed by atoms with Gasteiger partial charge in [-0.2, -0.15) is 13.2 Å². The molecule has 0 unspecified atom stereocenters. The number of methoxy groups -OCH3 is 1. The number of imidazole rings is 1. The van der Waals surface area contributed by atoms with E-state index in [9.17, 15) is 21.6 Å². The third kappa shape index (κ3) is 3.95. The number of sulfone groups is 1. The van der Waals surface area contributed by atoms with Gasteiger partial charge in [-0.25, -0.2) is 18.4 Å². The molecule has 0 radical (unpaired) electrons. The van der Waals surface area contributed by atoms with E-state index in [1.54, 1.807) is 0 Å². The van der Waals surface area contributed by atoms with Gasteiger partial charge in [0.1, 0.15) is 17.2 Å². The number of hydrogen-bond acceptors (Lipinski definition) is 5. The fourth-order valence-corrected chi connectivity index (χ4v) is 3.06. The zero-order chi connectivity index (χ0) is 19.8. The molecule has 0 aliphatic heterocycles. The van der Waals surface area contributed by atoms with Crippen molar-refractivity contribution < 1.29 is 26.3 Å². The van der Waals surface area contributed by atoms with Crippen LogP contribution in [0.2, 0.25) is 0 Å². The Balaban J connectivity index is 2.10. The summed E-state index contributed by atoms with van der Waals surface area (Å²) in [4.78, 5) is 10.3. The molecule has 142 valence electrons. The van der Waals surface area contributed by atoms with Gasteiger partial charge >= 0.3 is 6.18 Å². The lowest BCUT2D eigenvalue weighted by Crippen LogP contribution is -2.07. The second-order valence-electron chi connectivity index (χ2n) is 5.69. The number of aromatic amines is 1. The molecule has 3 rings (SSSR count). The molecule has 6 nitrogen and oxygen atoms in total. The number of hydrogen-bond donors (Lipinski definition) is 1. The zero-order valence-electron chi connectivity index (χ0n) is 14.2. The van der Waals surface area contributed by atoms with Crippen LogP contribution in [0.4, 0.5) is 13.2 Å². The second kappa shape index (κ2) is 6.69. The Hall–Kier alpha value is -2.88. The minimum absolute atomic E-state index is 0.00919. The molecule has 1 aromatic carbocycles. The molecule has 0 saturated carbocycles. The summed E-state index contributed by atoms with van der Waals surface area (Å²) in [5.74, 6) is 0.303. The lowest BCUT2D eigenvalue weighted by molar-refractivity contribution is -0.140. The van der Waals surface area contributed by atoms with Gasteiger partial charge in [-0.05, 0) is 18.2 Å². The van der Waals surface area contributed by atoms with Crippen LogP contribution in [0.3, 0.4) is 0 Å². The maximum atomic E-state index is 13.4. The maximum Gasteiger partial charge on any atom is 0.433 e. The molecule has 0 fully saturated rings. The van der Waals surface area contributed by atoms with Crippen LogP contribution < -0.4 is 4.74 Å². The smallest absolute Gasteiger partial charge is 0.433 e. The van der Waals surface area contributed by atoms with Gasteiger partial charge in [0, 0.05) is 29.6 Å². The standard InChI is InChI=1S/C17H14F3N3O3S/c1-26-13-8-5-11(9-21-13)16-22-14(15(23-16)17(18,19)20)10-3-6-12(7-4-10)27(2,24)25/h3-9H,1-2H3,(H,22,23). The summed E-state index contributed by atoms with van der Waals surface area (Å²) in [5, 5.41) is 0. The fourth-order valence-electron chi connectivity index (χ4n) is 2.43. The highest BCUT2D eigenvalue weighted by Gasteiger charge is 2.37. The maximum absolute atomic E-state index is 13.4. The van der Waals surface area contributed by atoms with Crippen molar-refractivity contribution in [3.63, 3.8) is 0 Å².